The lowest BCUT2D eigenvalue weighted by molar-refractivity contribution is -0.137. The van der Waals surface area contributed by atoms with E-state index in [0.717, 1.165) is 13.0 Å². The van der Waals surface area contributed by atoms with E-state index in [1.807, 2.05) is 7.05 Å². The zero-order chi connectivity index (χ0) is 14.0. The van der Waals surface area contributed by atoms with Gasteiger partial charge in [0.25, 0.3) is 0 Å². The Kier molecular flexibility index (Phi) is 8.29. The van der Waals surface area contributed by atoms with Gasteiger partial charge in [0.05, 0.1) is 6.54 Å². The third-order valence-electron chi connectivity index (χ3n) is 2.10. The second-order valence-electron chi connectivity index (χ2n) is 3.71. The fraction of sp³-hybridized carbons (Fsp3) is 0.700. The van der Waals surface area contributed by atoms with Gasteiger partial charge in [-0.1, -0.05) is 0 Å². The molecule has 8 nitrogen and oxygen atoms in total. The fourth-order valence-corrected chi connectivity index (χ4v) is 1.12. The number of hydrogen-bond acceptors (Lipinski definition) is 4. The maximum Gasteiger partial charge on any atom is 0.322 e. The fourth-order valence-electron chi connectivity index (χ4n) is 1.12. The maximum absolute atomic E-state index is 11.5. The van der Waals surface area contributed by atoms with Gasteiger partial charge in [0, 0.05) is 13.6 Å². The van der Waals surface area contributed by atoms with Gasteiger partial charge in [0.1, 0.15) is 6.54 Å². The summed E-state index contributed by atoms with van der Waals surface area (Å²) in [5.41, 5.74) is 0. The van der Waals surface area contributed by atoms with E-state index in [1.54, 1.807) is 7.05 Å². The van der Waals surface area contributed by atoms with Crippen molar-refractivity contribution >= 4 is 17.9 Å². The molecule has 18 heavy (non-hydrogen) atoms. The molecule has 0 aromatic carbocycles. The lowest BCUT2D eigenvalue weighted by Crippen LogP contribution is -2.44. The van der Waals surface area contributed by atoms with Crippen LogP contribution < -0.4 is 16.0 Å². The highest BCUT2D eigenvalue weighted by Crippen LogP contribution is 1.87. The molecular formula is C10H20N4O4. The molecule has 0 atom stereocenters. The maximum atomic E-state index is 11.5. The third kappa shape index (κ3) is 8.34. The summed E-state index contributed by atoms with van der Waals surface area (Å²) in [4.78, 5) is 34.2. The predicted octanol–water partition coefficient (Wildman–Crippen LogP) is -1.56. The molecule has 0 rings (SSSR count). The topological polar surface area (TPSA) is 111 Å². The van der Waals surface area contributed by atoms with Gasteiger partial charge in [-0.05, 0) is 20.0 Å². The first-order valence-corrected chi connectivity index (χ1v) is 5.59. The van der Waals surface area contributed by atoms with Gasteiger partial charge in [-0.15, -0.1) is 0 Å². The Hall–Kier alpha value is -1.83. The van der Waals surface area contributed by atoms with Crippen LogP contribution in [0.2, 0.25) is 0 Å². The van der Waals surface area contributed by atoms with Gasteiger partial charge in [0.2, 0.25) is 5.91 Å². The molecule has 0 heterocycles. The van der Waals surface area contributed by atoms with E-state index in [9.17, 15) is 14.4 Å². The van der Waals surface area contributed by atoms with Crippen molar-refractivity contribution in [1.29, 1.82) is 0 Å². The van der Waals surface area contributed by atoms with Crippen LogP contribution in [0.5, 0.6) is 0 Å². The van der Waals surface area contributed by atoms with Crippen molar-refractivity contribution in [1.82, 2.24) is 20.9 Å². The molecule has 3 amide bonds. The predicted molar refractivity (Wildman–Crippen MR) is 65.2 cm³/mol. The van der Waals surface area contributed by atoms with E-state index >= 15 is 0 Å². The van der Waals surface area contributed by atoms with E-state index in [-0.39, 0.29) is 12.6 Å². The van der Waals surface area contributed by atoms with Crippen molar-refractivity contribution in [2.75, 3.05) is 40.3 Å². The number of carboxylic acids is 1. The Balaban J connectivity index is 3.74. The zero-order valence-electron chi connectivity index (χ0n) is 10.7. The van der Waals surface area contributed by atoms with Gasteiger partial charge in [-0.3, -0.25) is 9.59 Å². The van der Waals surface area contributed by atoms with Crippen LogP contribution in [0.3, 0.4) is 0 Å². The van der Waals surface area contributed by atoms with E-state index in [4.69, 9.17) is 5.11 Å². The average Bonchev–Trinajstić information content (AvgIpc) is 2.33. The minimum Gasteiger partial charge on any atom is -0.480 e. The Labute approximate surface area is 106 Å². The number of carbonyl (C=O) groups is 3. The number of nitrogens with zero attached hydrogens (tertiary/aromatic N) is 1. The molecule has 0 spiro atoms. The summed E-state index contributed by atoms with van der Waals surface area (Å²) in [6.07, 6.45) is 0.811. The largest absolute Gasteiger partial charge is 0.480 e. The van der Waals surface area contributed by atoms with Crippen molar-refractivity contribution in [3.05, 3.63) is 0 Å². The van der Waals surface area contributed by atoms with Crippen molar-refractivity contribution < 1.29 is 19.5 Å². The van der Waals surface area contributed by atoms with Crippen LogP contribution in [0.15, 0.2) is 0 Å². The number of carboxylic acid groups (broad SMARTS) is 1. The Bertz CT molecular complexity index is 296. The summed E-state index contributed by atoms with van der Waals surface area (Å²) in [5.74, 6) is -1.66. The normalized spacial score (nSPS) is 9.67. The van der Waals surface area contributed by atoms with Crippen molar-refractivity contribution in [2.45, 2.75) is 6.42 Å². The number of carbonyl (C=O) groups excluding carboxylic acids is 2. The zero-order valence-corrected chi connectivity index (χ0v) is 10.7. The van der Waals surface area contributed by atoms with E-state index in [0.29, 0.717) is 6.54 Å². The summed E-state index contributed by atoms with van der Waals surface area (Å²) in [6, 6.07) is -0.364. The molecule has 0 saturated heterocycles. The lowest BCUT2D eigenvalue weighted by atomic mass is 10.4. The Morgan fingerprint density at radius 3 is 2.39 bits per heavy atom. The molecule has 0 aliphatic heterocycles. The van der Waals surface area contributed by atoms with Gasteiger partial charge >= 0.3 is 12.0 Å². The standard InChI is InChI=1S/C10H20N4O4/c1-11-4-3-5-14(2)10(18)13-6-8(15)12-7-9(16)17/h11H,3-7H2,1-2H3,(H,12,15)(H,13,18)(H,16,17). The number of nitrogens with one attached hydrogen (secondary N) is 3. The molecule has 0 saturated carbocycles. The summed E-state index contributed by atoms with van der Waals surface area (Å²) >= 11 is 0. The molecule has 0 aromatic rings. The average molecular weight is 260 g/mol. The first kappa shape index (κ1) is 16.2. The van der Waals surface area contributed by atoms with E-state index in [2.05, 4.69) is 16.0 Å². The number of amides is 3. The van der Waals surface area contributed by atoms with Crippen LogP contribution in [0.25, 0.3) is 0 Å². The second-order valence-corrected chi connectivity index (χ2v) is 3.71. The van der Waals surface area contributed by atoms with Crippen molar-refractivity contribution in [2.24, 2.45) is 0 Å². The molecule has 0 aliphatic rings. The Morgan fingerprint density at radius 2 is 1.83 bits per heavy atom. The van der Waals surface area contributed by atoms with Crippen LogP contribution in [0, 0.1) is 0 Å². The van der Waals surface area contributed by atoms with Gasteiger partial charge < -0.3 is 26.0 Å². The summed E-state index contributed by atoms with van der Waals surface area (Å²) in [7, 11) is 3.45. The van der Waals surface area contributed by atoms with E-state index < -0.39 is 18.4 Å². The molecule has 0 fully saturated rings. The van der Waals surface area contributed by atoms with Crippen LogP contribution in [-0.4, -0.2) is 68.2 Å². The first-order valence-electron chi connectivity index (χ1n) is 5.59. The van der Waals surface area contributed by atoms with Crippen molar-refractivity contribution in [3.8, 4) is 0 Å². The molecule has 4 N–H and O–H groups in total. The van der Waals surface area contributed by atoms with Crippen molar-refractivity contribution in [3.63, 3.8) is 0 Å². The highest BCUT2D eigenvalue weighted by molar-refractivity contribution is 5.86. The van der Waals surface area contributed by atoms with Gasteiger partial charge in [-0.2, -0.15) is 0 Å². The first-order chi connectivity index (χ1) is 8.47. The summed E-state index contributed by atoms with van der Waals surface area (Å²) in [5, 5.41) is 15.8. The molecule has 0 aromatic heterocycles. The molecule has 0 bridgehead atoms. The lowest BCUT2D eigenvalue weighted by Gasteiger charge is -2.17. The molecule has 0 radical (unpaired) electrons. The van der Waals surface area contributed by atoms with Crippen LogP contribution in [0.4, 0.5) is 4.79 Å². The highest BCUT2D eigenvalue weighted by atomic mass is 16.4. The molecule has 0 aliphatic carbocycles. The quantitative estimate of drug-likeness (QED) is 0.394. The van der Waals surface area contributed by atoms with E-state index in [1.165, 1.54) is 4.90 Å². The number of hydrogen-bond donors (Lipinski definition) is 4. The SMILES string of the molecule is CNCCCN(C)C(=O)NCC(=O)NCC(=O)O. The number of urea groups is 1. The molecular weight excluding hydrogens is 240 g/mol. The number of aliphatic carboxylic acids is 1. The van der Waals surface area contributed by atoms with Crippen LogP contribution >= 0.6 is 0 Å². The Morgan fingerprint density at radius 1 is 1.17 bits per heavy atom. The molecule has 104 valence electrons. The third-order valence-corrected chi connectivity index (χ3v) is 2.10. The smallest absolute Gasteiger partial charge is 0.322 e. The molecule has 8 heteroatoms. The van der Waals surface area contributed by atoms with Gasteiger partial charge in [-0.25, -0.2) is 4.79 Å². The summed E-state index contributed by atoms with van der Waals surface area (Å²) in [6.45, 7) is 0.690. The molecule has 0 unspecified atom stereocenters. The second kappa shape index (κ2) is 9.23. The highest BCUT2D eigenvalue weighted by Gasteiger charge is 2.10. The minimum absolute atomic E-state index is 0.234. The summed E-state index contributed by atoms with van der Waals surface area (Å²) < 4.78 is 0. The van der Waals surface area contributed by atoms with Crippen LogP contribution in [0.1, 0.15) is 6.42 Å². The number of rotatable bonds is 8. The monoisotopic (exact) mass is 260 g/mol. The van der Waals surface area contributed by atoms with Gasteiger partial charge in [0.15, 0.2) is 0 Å². The van der Waals surface area contributed by atoms with Crippen LogP contribution in [-0.2, 0) is 9.59 Å². The minimum atomic E-state index is -1.13.